The van der Waals surface area contributed by atoms with Gasteiger partial charge in [0.1, 0.15) is 0 Å². The van der Waals surface area contributed by atoms with Gasteiger partial charge in [-0.25, -0.2) is 0 Å². The molecular weight excluding hydrogens is 265 g/mol. The molecule has 0 bridgehead atoms. The van der Waals surface area contributed by atoms with Crippen molar-refractivity contribution in [1.82, 2.24) is 10.3 Å². The first-order valence-corrected chi connectivity index (χ1v) is 7.09. The van der Waals surface area contributed by atoms with Crippen LogP contribution in [0.25, 0.3) is 0 Å². The Labute approximate surface area is 117 Å². The maximum absolute atomic E-state index is 13.2. The van der Waals surface area contributed by atoms with E-state index in [0.717, 1.165) is 17.5 Å². The Morgan fingerprint density at radius 3 is 2.55 bits per heavy atom. The molecule has 3 unspecified atom stereocenters. The Morgan fingerprint density at radius 2 is 1.95 bits per heavy atom. The van der Waals surface area contributed by atoms with Crippen LogP contribution in [0.5, 0.6) is 0 Å². The number of halogens is 3. The third-order valence-corrected chi connectivity index (χ3v) is 4.23. The van der Waals surface area contributed by atoms with Gasteiger partial charge >= 0.3 is 6.18 Å². The zero-order chi connectivity index (χ0) is 14.8. The van der Waals surface area contributed by atoms with Gasteiger partial charge < -0.3 is 5.32 Å². The highest BCUT2D eigenvalue weighted by molar-refractivity contribution is 5.21. The third-order valence-electron chi connectivity index (χ3n) is 4.23. The number of nitrogens with zero attached hydrogens (tertiary/aromatic N) is 1. The molecule has 1 N–H and O–H groups in total. The fourth-order valence-corrected chi connectivity index (χ4v) is 3.34. The molecule has 3 atom stereocenters. The molecular formula is C15H21F3N2. The van der Waals surface area contributed by atoms with Crippen LogP contribution in [-0.2, 0) is 0 Å². The first kappa shape index (κ1) is 15.3. The van der Waals surface area contributed by atoms with Gasteiger partial charge in [-0.15, -0.1) is 0 Å². The van der Waals surface area contributed by atoms with E-state index in [1.807, 2.05) is 13.0 Å². The molecule has 0 spiro atoms. The van der Waals surface area contributed by atoms with Crippen LogP contribution < -0.4 is 5.32 Å². The summed E-state index contributed by atoms with van der Waals surface area (Å²) in [5.74, 6) is -1.62. The minimum atomic E-state index is -4.11. The third kappa shape index (κ3) is 3.32. The lowest BCUT2D eigenvalue weighted by Gasteiger charge is -2.38. The summed E-state index contributed by atoms with van der Waals surface area (Å²) in [6, 6.07) is 1.64. The van der Waals surface area contributed by atoms with E-state index in [0.29, 0.717) is 12.8 Å². The van der Waals surface area contributed by atoms with Crippen molar-refractivity contribution in [2.75, 3.05) is 7.05 Å². The van der Waals surface area contributed by atoms with E-state index in [4.69, 9.17) is 0 Å². The molecule has 0 saturated heterocycles. The van der Waals surface area contributed by atoms with Gasteiger partial charge in [0.15, 0.2) is 0 Å². The summed E-state index contributed by atoms with van der Waals surface area (Å²) in [4.78, 5) is 4.11. The van der Waals surface area contributed by atoms with Gasteiger partial charge in [-0.2, -0.15) is 13.2 Å². The van der Waals surface area contributed by atoms with Gasteiger partial charge in [-0.05, 0) is 43.9 Å². The number of pyridine rings is 1. The Balaban J connectivity index is 2.29. The number of nitrogens with one attached hydrogen (secondary N) is 1. The number of aromatic nitrogens is 1. The molecule has 2 rings (SSSR count). The van der Waals surface area contributed by atoms with Crippen molar-refractivity contribution in [2.45, 2.75) is 44.8 Å². The lowest BCUT2D eigenvalue weighted by molar-refractivity contribution is -0.199. The molecule has 1 aliphatic rings. The van der Waals surface area contributed by atoms with Gasteiger partial charge in [0.2, 0.25) is 0 Å². The van der Waals surface area contributed by atoms with Crippen molar-refractivity contribution in [1.29, 1.82) is 0 Å². The van der Waals surface area contributed by atoms with E-state index in [-0.39, 0.29) is 12.5 Å². The van der Waals surface area contributed by atoms with Crippen LogP contribution in [0.4, 0.5) is 13.2 Å². The SMILES string of the molecule is CNC(c1cncc(C)c1)C1CCCCC1C(F)(F)F. The monoisotopic (exact) mass is 286 g/mol. The summed E-state index contributed by atoms with van der Waals surface area (Å²) < 4.78 is 39.7. The van der Waals surface area contributed by atoms with E-state index in [2.05, 4.69) is 10.3 Å². The molecule has 112 valence electrons. The normalized spacial score (nSPS) is 25.4. The lowest BCUT2D eigenvalue weighted by Crippen LogP contribution is -2.40. The Bertz CT molecular complexity index is 445. The van der Waals surface area contributed by atoms with Crippen LogP contribution in [0.3, 0.4) is 0 Å². The molecule has 0 aliphatic heterocycles. The standard InChI is InChI=1S/C15H21F3N2/c1-10-7-11(9-20-8-10)14(19-2)12-5-3-4-6-13(12)15(16,17)18/h7-9,12-14,19H,3-6H2,1-2H3. The number of alkyl halides is 3. The van der Waals surface area contributed by atoms with E-state index in [9.17, 15) is 13.2 Å². The van der Waals surface area contributed by atoms with E-state index in [1.165, 1.54) is 0 Å². The quantitative estimate of drug-likeness (QED) is 0.907. The van der Waals surface area contributed by atoms with Crippen LogP contribution in [0.2, 0.25) is 0 Å². The number of rotatable bonds is 3. The molecule has 1 aliphatic carbocycles. The summed E-state index contributed by atoms with van der Waals surface area (Å²) >= 11 is 0. The van der Waals surface area contributed by atoms with Crippen LogP contribution in [0.15, 0.2) is 18.5 Å². The summed E-state index contributed by atoms with van der Waals surface area (Å²) in [6.45, 7) is 1.91. The van der Waals surface area contributed by atoms with Crippen molar-refractivity contribution in [3.63, 3.8) is 0 Å². The number of hydrogen-bond acceptors (Lipinski definition) is 2. The van der Waals surface area contributed by atoms with E-state index >= 15 is 0 Å². The van der Waals surface area contributed by atoms with Crippen molar-refractivity contribution < 1.29 is 13.2 Å². The maximum atomic E-state index is 13.2. The summed E-state index contributed by atoms with van der Waals surface area (Å²) in [5, 5.41) is 3.08. The average molecular weight is 286 g/mol. The molecule has 2 nitrogen and oxygen atoms in total. The van der Waals surface area contributed by atoms with Crippen molar-refractivity contribution >= 4 is 0 Å². The molecule has 0 radical (unpaired) electrons. The first-order valence-electron chi connectivity index (χ1n) is 7.09. The molecule has 20 heavy (non-hydrogen) atoms. The lowest BCUT2D eigenvalue weighted by atomic mass is 9.73. The average Bonchev–Trinajstić information content (AvgIpc) is 2.39. The summed E-state index contributed by atoms with van der Waals surface area (Å²) in [5.41, 5.74) is 1.83. The Morgan fingerprint density at radius 1 is 1.25 bits per heavy atom. The van der Waals surface area contributed by atoms with E-state index in [1.54, 1.807) is 19.4 Å². The topological polar surface area (TPSA) is 24.9 Å². The molecule has 1 fully saturated rings. The molecule has 1 saturated carbocycles. The predicted molar refractivity (Wildman–Crippen MR) is 72.3 cm³/mol. The largest absolute Gasteiger partial charge is 0.392 e. The highest BCUT2D eigenvalue weighted by atomic mass is 19.4. The zero-order valence-electron chi connectivity index (χ0n) is 11.9. The smallest absolute Gasteiger partial charge is 0.313 e. The summed E-state index contributed by atoms with van der Waals surface area (Å²) in [6.07, 6.45) is 1.68. The van der Waals surface area contributed by atoms with E-state index < -0.39 is 18.0 Å². The summed E-state index contributed by atoms with van der Waals surface area (Å²) in [7, 11) is 1.73. The Hall–Kier alpha value is -1.10. The molecule has 1 aromatic rings. The molecule has 1 aromatic heterocycles. The molecule has 5 heteroatoms. The van der Waals surface area contributed by atoms with Crippen LogP contribution in [-0.4, -0.2) is 18.2 Å². The van der Waals surface area contributed by atoms with Gasteiger partial charge in [0.05, 0.1) is 5.92 Å². The Kier molecular flexibility index (Phi) is 4.68. The maximum Gasteiger partial charge on any atom is 0.392 e. The highest BCUT2D eigenvalue weighted by Gasteiger charge is 2.47. The van der Waals surface area contributed by atoms with Gasteiger partial charge in [0.25, 0.3) is 0 Å². The van der Waals surface area contributed by atoms with Crippen LogP contribution in [0, 0.1) is 18.8 Å². The van der Waals surface area contributed by atoms with Crippen molar-refractivity contribution in [3.8, 4) is 0 Å². The molecule has 0 amide bonds. The van der Waals surface area contributed by atoms with Crippen molar-refractivity contribution in [3.05, 3.63) is 29.6 Å². The minimum Gasteiger partial charge on any atom is -0.313 e. The second-order valence-corrected chi connectivity index (χ2v) is 5.66. The molecule has 1 heterocycles. The van der Waals surface area contributed by atoms with Gasteiger partial charge in [-0.3, -0.25) is 4.98 Å². The fourth-order valence-electron chi connectivity index (χ4n) is 3.34. The second kappa shape index (κ2) is 6.12. The number of aryl methyl sites for hydroxylation is 1. The first-order chi connectivity index (χ1) is 9.43. The number of hydrogen-bond donors (Lipinski definition) is 1. The fraction of sp³-hybridized carbons (Fsp3) is 0.667. The van der Waals surface area contributed by atoms with Crippen LogP contribution >= 0.6 is 0 Å². The van der Waals surface area contributed by atoms with Gasteiger partial charge in [0, 0.05) is 18.4 Å². The predicted octanol–water partition coefficient (Wildman–Crippen LogP) is 4.02. The van der Waals surface area contributed by atoms with Gasteiger partial charge in [-0.1, -0.05) is 18.9 Å². The minimum absolute atomic E-state index is 0.242. The zero-order valence-corrected chi connectivity index (χ0v) is 11.9. The van der Waals surface area contributed by atoms with Crippen molar-refractivity contribution in [2.24, 2.45) is 11.8 Å². The van der Waals surface area contributed by atoms with Crippen LogP contribution in [0.1, 0.15) is 42.9 Å². The molecule has 0 aromatic carbocycles. The second-order valence-electron chi connectivity index (χ2n) is 5.66. The highest BCUT2D eigenvalue weighted by Crippen LogP contribution is 2.46.